The van der Waals surface area contributed by atoms with Gasteiger partial charge in [0.05, 0.1) is 35.3 Å². The number of thiazole rings is 1. The molecule has 140 valence electrons. The minimum Gasteiger partial charge on any atom is -0.469 e. The van der Waals surface area contributed by atoms with E-state index in [1.165, 1.54) is 17.6 Å². The quantitative estimate of drug-likeness (QED) is 0.697. The van der Waals surface area contributed by atoms with Crippen molar-refractivity contribution in [2.24, 2.45) is 0 Å². The van der Waals surface area contributed by atoms with E-state index in [2.05, 4.69) is 20.6 Å². The minimum atomic E-state index is -0.288. The predicted octanol–water partition coefficient (Wildman–Crippen LogP) is 3.80. The van der Waals surface area contributed by atoms with Crippen molar-refractivity contribution < 1.29 is 14.0 Å². The number of nitrogens with zero attached hydrogens (tertiary/aromatic N) is 2. The van der Waals surface area contributed by atoms with Crippen molar-refractivity contribution in [1.29, 1.82) is 0 Å². The van der Waals surface area contributed by atoms with Crippen LogP contribution >= 0.6 is 11.3 Å². The Bertz CT molecular complexity index is 983. The van der Waals surface area contributed by atoms with E-state index < -0.39 is 0 Å². The van der Waals surface area contributed by atoms with E-state index in [0.717, 1.165) is 22.6 Å². The van der Waals surface area contributed by atoms with Crippen LogP contribution in [-0.2, 0) is 11.2 Å². The van der Waals surface area contributed by atoms with Crippen LogP contribution in [0.1, 0.15) is 38.8 Å². The summed E-state index contributed by atoms with van der Waals surface area (Å²) in [6, 6.07) is 3.53. The van der Waals surface area contributed by atoms with Gasteiger partial charge in [-0.15, -0.1) is 11.3 Å². The summed E-state index contributed by atoms with van der Waals surface area (Å²) in [4.78, 5) is 33.2. The Balaban J connectivity index is 1.63. The molecule has 27 heavy (non-hydrogen) atoms. The van der Waals surface area contributed by atoms with E-state index in [1.54, 1.807) is 18.4 Å². The maximum Gasteiger partial charge on any atom is 0.260 e. The van der Waals surface area contributed by atoms with Gasteiger partial charge in [-0.25, -0.2) is 4.98 Å². The average molecular weight is 384 g/mol. The molecule has 3 heterocycles. The van der Waals surface area contributed by atoms with Crippen molar-refractivity contribution >= 4 is 34.0 Å². The number of pyridine rings is 1. The van der Waals surface area contributed by atoms with Gasteiger partial charge in [0, 0.05) is 11.1 Å². The zero-order chi connectivity index (χ0) is 19.6. The van der Waals surface area contributed by atoms with E-state index >= 15 is 0 Å². The fourth-order valence-corrected chi connectivity index (χ4v) is 3.50. The summed E-state index contributed by atoms with van der Waals surface area (Å²) >= 11 is 1.27. The molecule has 0 fully saturated rings. The van der Waals surface area contributed by atoms with Crippen molar-refractivity contribution in [3.63, 3.8) is 0 Å². The molecule has 2 amide bonds. The highest BCUT2D eigenvalue weighted by Gasteiger charge is 2.15. The minimum absolute atomic E-state index is 0.115. The number of aromatic nitrogens is 2. The molecular weight excluding hydrogens is 364 g/mol. The Morgan fingerprint density at radius 1 is 1.15 bits per heavy atom. The molecule has 0 saturated heterocycles. The van der Waals surface area contributed by atoms with E-state index in [1.807, 2.05) is 26.8 Å². The van der Waals surface area contributed by atoms with Crippen LogP contribution in [0, 0.1) is 27.7 Å². The molecule has 0 aliphatic carbocycles. The van der Waals surface area contributed by atoms with Gasteiger partial charge in [0.1, 0.15) is 5.76 Å². The first kappa shape index (κ1) is 18.8. The molecule has 0 aromatic carbocycles. The number of carbonyl (C=O) groups excluding carboxylic acids is 2. The zero-order valence-corrected chi connectivity index (χ0v) is 16.4. The molecule has 0 radical (unpaired) electrons. The lowest BCUT2D eigenvalue weighted by Gasteiger charge is -2.11. The number of furan rings is 1. The zero-order valence-electron chi connectivity index (χ0n) is 15.5. The highest BCUT2D eigenvalue weighted by molar-refractivity contribution is 7.14. The maximum absolute atomic E-state index is 12.4. The molecule has 2 N–H and O–H groups in total. The molecule has 0 unspecified atom stereocenters. The Kier molecular flexibility index (Phi) is 5.36. The number of hydrogen-bond donors (Lipinski definition) is 2. The summed E-state index contributed by atoms with van der Waals surface area (Å²) in [6.45, 7) is 7.44. The monoisotopic (exact) mass is 384 g/mol. The van der Waals surface area contributed by atoms with Gasteiger partial charge in [0.2, 0.25) is 5.91 Å². The van der Waals surface area contributed by atoms with Gasteiger partial charge in [-0.3, -0.25) is 19.9 Å². The lowest BCUT2D eigenvalue weighted by atomic mass is 10.1. The predicted molar refractivity (Wildman–Crippen MR) is 104 cm³/mol. The van der Waals surface area contributed by atoms with E-state index in [-0.39, 0.29) is 18.2 Å². The first-order chi connectivity index (χ1) is 12.8. The van der Waals surface area contributed by atoms with Gasteiger partial charge in [0.15, 0.2) is 5.13 Å². The van der Waals surface area contributed by atoms with Crippen molar-refractivity contribution in [1.82, 2.24) is 9.97 Å². The first-order valence-corrected chi connectivity index (χ1v) is 9.26. The highest BCUT2D eigenvalue weighted by atomic mass is 32.1. The van der Waals surface area contributed by atoms with Gasteiger partial charge in [-0.05, 0) is 45.4 Å². The molecule has 7 nitrogen and oxygen atoms in total. The molecule has 3 aromatic rings. The fraction of sp³-hybridized carbons (Fsp3) is 0.263. The number of anilines is 2. The second kappa shape index (κ2) is 7.71. The Morgan fingerprint density at radius 3 is 2.59 bits per heavy atom. The Labute approximate surface area is 160 Å². The first-order valence-electron chi connectivity index (χ1n) is 8.38. The summed E-state index contributed by atoms with van der Waals surface area (Å²) in [7, 11) is 0. The lowest BCUT2D eigenvalue weighted by molar-refractivity contribution is -0.115. The molecule has 3 aromatic heterocycles. The van der Waals surface area contributed by atoms with Crippen LogP contribution in [0.3, 0.4) is 0 Å². The fourth-order valence-electron chi connectivity index (χ4n) is 2.79. The topological polar surface area (TPSA) is 97.1 Å². The van der Waals surface area contributed by atoms with Crippen molar-refractivity contribution in [3.05, 3.63) is 57.7 Å². The summed E-state index contributed by atoms with van der Waals surface area (Å²) in [6.07, 6.45) is 1.58. The van der Waals surface area contributed by atoms with Crippen molar-refractivity contribution in [2.45, 2.75) is 34.1 Å². The Hall–Kier alpha value is -3.00. The number of aryl methyl sites for hydroxylation is 4. The van der Waals surface area contributed by atoms with Gasteiger partial charge < -0.3 is 9.73 Å². The molecule has 0 aliphatic rings. The SMILES string of the molecule is Cc1cc(C)c(NC(=O)Cc2csc(NC(=O)c3ccoc3C)n2)c(C)n1. The number of rotatable bonds is 5. The van der Waals surface area contributed by atoms with Crippen LogP contribution in [0.15, 0.2) is 28.2 Å². The normalized spacial score (nSPS) is 10.7. The summed E-state index contributed by atoms with van der Waals surface area (Å²) in [5.74, 6) is 0.0744. The third-order valence-electron chi connectivity index (χ3n) is 4.01. The number of hydrogen-bond acceptors (Lipinski definition) is 6. The average Bonchev–Trinajstić information content (AvgIpc) is 3.19. The van der Waals surface area contributed by atoms with Gasteiger partial charge in [0.25, 0.3) is 5.91 Å². The second-order valence-corrected chi connectivity index (χ2v) is 7.11. The molecule has 0 aliphatic heterocycles. The molecule has 0 saturated carbocycles. The van der Waals surface area contributed by atoms with Gasteiger partial charge in [-0.2, -0.15) is 0 Å². The van der Waals surface area contributed by atoms with Crippen LogP contribution < -0.4 is 10.6 Å². The van der Waals surface area contributed by atoms with Gasteiger partial charge in [-0.1, -0.05) is 0 Å². The van der Waals surface area contributed by atoms with Crippen molar-refractivity contribution in [2.75, 3.05) is 10.6 Å². The number of amides is 2. The van der Waals surface area contributed by atoms with E-state index in [4.69, 9.17) is 4.42 Å². The third-order valence-corrected chi connectivity index (χ3v) is 4.81. The number of nitrogens with one attached hydrogen (secondary N) is 2. The van der Waals surface area contributed by atoms with Crippen LogP contribution in [0.2, 0.25) is 0 Å². The van der Waals surface area contributed by atoms with Crippen LogP contribution in [0.5, 0.6) is 0 Å². The lowest BCUT2D eigenvalue weighted by Crippen LogP contribution is -2.17. The largest absolute Gasteiger partial charge is 0.469 e. The van der Waals surface area contributed by atoms with Crippen LogP contribution in [0.4, 0.5) is 10.8 Å². The van der Waals surface area contributed by atoms with E-state index in [9.17, 15) is 9.59 Å². The summed E-state index contributed by atoms with van der Waals surface area (Å²) < 4.78 is 5.13. The summed E-state index contributed by atoms with van der Waals surface area (Å²) in [5, 5.41) is 7.81. The standard InChI is InChI=1S/C19H20N4O3S/c1-10-7-11(2)20-12(3)17(10)22-16(24)8-14-9-27-19(21-14)23-18(25)15-5-6-26-13(15)4/h5-7,9H,8H2,1-4H3,(H,22,24)(H,21,23,25). The van der Waals surface area contributed by atoms with Crippen LogP contribution in [0.25, 0.3) is 0 Å². The van der Waals surface area contributed by atoms with Crippen LogP contribution in [-0.4, -0.2) is 21.8 Å². The molecule has 0 spiro atoms. The molecule has 0 bridgehead atoms. The maximum atomic E-state index is 12.4. The third kappa shape index (κ3) is 4.40. The molecule has 3 rings (SSSR count). The highest BCUT2D eigenvalue weighted by Crippen LogP contribution is 2.21. The van der Waals surface area contributed by atoms with Gasteiger partial charge >= 0.3 is 0 Å². The molecule has 0 atom stereocenters. The molecular formula is C19H20N4O3S. The van der Waals surface area contributed by atoms with E-state index in [0.29, 0.717) is 22.1 Å². The van der Waals surface area contributed by atoms with Crippen molar-refractivity contribution in [3.8, 4) is 0 Å². The second-order valence-electron chi connectivity index (χ2n) is 6.25. The summed E-state index contributed by atoms with van der Waals surface area (Å²) in [5.41, 5.74) is 4.44. The molecule has 8 heteroatoms. The number of carbonyl (C=O) groups is 2. The Morgan fingerprint density at radius 2 is 1.93 bits per heavy atom. The smallest absolute Gasteiger partial charge is 0.260 e.